The van der Waals surface area contributed by atoms with E-state index in [-0.39, 0.29) is 30.2 Å². The third-order valence-corrected chi connectivity index (χ3v) is 7.16. The van der Waals surface area contributed by atoms with Crippen molar-refractivity contribution in [3.8, 4) is 5.75 Å². The molecule has 0 saturated carbocycles. The zero-order valence-corrected chi connectivity index (χ0v) is 19.3. The minimum absolute atomic E-state index is 0.0182. The number of likely N-dealkylation sites (tertiary alicyclic amines) is 1. The van der Waals surface area contributed by atoms with E-state index in [0.717, 1.165) is 44.6 Å². The lowest BCUT2D eigenvalue weighted by atomic mass is 10.0. The number of ether oxygens (including phenoxy) is 1. The largest absolute Gasteiger partial charge is 0.490 e. The van der Waals surface area contributed by atoms with Crippen LogP contribution in [0.5, 0.6) is 5.75 Å². The highest BCUT2D eigenvalue weighted by molar-refractivity contribution is 6.05. The van der Waals surface area contributed by atoms with Crippen LogP contribution in [0.25, 0.3) is 0 Å². The lowest BCUT2D eigenvalue weighted by Crippen LogP contribution is -2.52. The summed E-state index contributed by atoms with van der Waals surface area (Å²) in [6.45, 7) is 5.86. The maximum atomic E-state index is 12.8. The van der Waals surface area contributed by atoms with Crippen LogP contribution < -0.4 is 15.4 Å². The Labute approximate surface area is 198 Å². The number of amides is 4. The second kappa shape index (κ2) is 9.71. The van der Waals surface area contributed by atoms with Gasteiger partial charge in [0.25, 0.3) is 5.91 Å². The lowest BCUT2D eigenvalue weighted by molar-refractivity contribution is -0.137. The minimum Gasteiger partial charge on any atom is -0.490 e. The summed E-state index contributed by atoms with van der Waals surface area (Å²) in [6.07, 6.45) is 2.14. The highest BCUT2D eigenvalue weighted by Gasteiger charge is 2.39. The van der Waals surface area contributed by atoms with E-state index in [1.807, 2.05) is 11.0 Å². The molecule has 0 aromatic heterocycles. The number of carbonyl (C=O) groups is 4. The van der Waals surface area contributed by atoms with Crippen LogP contribution in [-0.4, -0.2) is 96.3 Å². The molecule has 1 aromatic rings. The fraction of sp³-hybridized carbons (Fsp3) is 0.583. The summed E-state index contributed by atoms with van der Waals surface area (Å²) >= 11 is 0. The molecule has 1 unspecified atom stereocenters. The number of nitrogens with zero attached hydrogens (tertiary/aromatic N) is 3. The molecule has 5 rings (SSSR count). The van der Waals surface area contributed by atoms with Crippen LogP contribution in [-0.2, 0) is 20.9 Å². The highest BCUT2D eigenvalue weighted by atomic mass is 16.5. The fourth-order valence-corrected chi connectivity index (χ4v) is 5.20. The van der Waals surface area contributed by atoms with Crippen LogP contribution in [0.3, 0.4) is 0 Å². The van der Waals surface area contributed by atoms with Gasteiger partial charge < -0.3 is 19.9 Å². The van der Waals surface area contributed by atoms with E-state index in [1.165, 1.54) is 0 Å². The Kier molecular flexibility index (Phi) is 6.51. The van der Waals surface area contributed by atoms with Gasteiger partial charge in [-0.15, -0.1) is 0 Å². The first-order valence-corrected chi connectivity index (χ1v) is 12.1. The predicted molar refractivity (Wildman–Crippen MR) is 122 cm³/mol. The Morgan fingerprint density at radius 3 is 2.53 bits per heavy atom. The first-order chi connectivity index (χ1) is 16.5. The molecule has 1 aromatic carbocycles. The van der Waals surface area contributed by atoms with Crippen molar-refractivity contribution >= 4 is 23.6 Å². The van der Waals surface area contributed by atoms with E-state index in [2.05, 4.69) is 15.5 Å². The Bertz CT molecular complexity index is 984. The molecule has 4 aliphatic heterocycles. The number of piperidine rings is 2. The van der Waals surface area contributed by atoms with Gasteiger partial charge in [0.05, 0.1) is 6.54 Å². The SMILES string of the molecule is O=C1CCC(N2Cc3cc(OC4CCN(C(=O)CN5CCNCC5)CC4)ccc3C2=O)C(=O)N1. The molecule has 0 spiro atoms. The van der Waals surface area contributed by atoms with Gasteiger partial charge in [-0.05, 0) is 30.2 Å². The molecule has 1 atom stereocenters. The molecule has 2 N–H and O–H groups in total. The van der Waals surface area contributed by atoms with E-state index < -0.39 is 11.9 Å². The van der Waals surface area contributed by atoms with Gasteiger partial charge in [0.15, 0.2) is 0 Å². The number of fused-ring (bicyclic) bond motifs is 1. The Morgan fingerprint density at radius 1 is 1.03 bits per heavy atom. The number of hydrogen-bond donors (Lipinski definition) is 2. The first kappa shape index (κ1) is 22.8. The molecule has 182 valence electrons. The van der Waals surface area contributed by atoms with Gasteiger partial charge in [0.1, 0.15) is 17.9 Å². The average molecular weight is 470 g/mol. The molecular formula is C24H31N5O5. The number of nitrogens with one attached hydrogen (secondary N) is 2. The van der Waals surface area contributed by atoms with E-state index in [4.69, 9.17) is 4.74 Å². The number of carbonyl (C=O) groups excluding carboxylic acids is 4. The summed E-state index contributed by atoms with van der Waals surface area (Å²) in [6, 6.07) is 4.81. The van der Waals surface area contributed by atoms with Gasteiger partial charge in [-0.3, -0.25) is 29.4 Å². The number of hydrogen-bond acceptors (Lipinski definition) is 7. The summed E-state index contributed by atoms with van der Waals surface area (Å²) < 4.78 is 6.20. The average Bonchev–Trinajstić information content (AvgIpc) is 3.15. The van der Waals surface area contributed by atoms with Gasteiger partial charge in [0, 0.05) is 70.6 Å². The summed E-state index contributed by atoms with van der Waals surface area (Å²) in [7, 11) is 0. The standard InChI is InChI=1S/C24H31N5O5/c30-21-4-3-20(23(32)26-21)29-14-16-13-18(1-2-19(16)24(29)33)34-17-5-9-28(10-6-17)22(31)15-27-11-7-25-8-12-27/h1-2,13,17,20,25H,3-12,14-15H2,(H,26,30,32). The van der Waals surface area contributed by atoms with Crippen molar-refractivity contribution in [2.45, 2.75) is 44.4 Å². The normalized spacial score (nSPS) is 24.2. The van der Waals surface area contributed by atoms with Crippen molar-refractivity contribution in [1.29, 1.82) is 0 Å². The summed E-state index contributed by atoms with van der Waals surface area (Å²) in [5.74, 6) is -0.00987. The van der Waals surface area contributed by atoms with E-state index in [0.29, 0.717) is 43.9 Å². The second-order valence-electron chi connectivity index (χ2n) is 9.44. The smallest absolute Gasteiger partial charge is 0.255 e. The first-order valence-electron chi connectivity index (χ1n) is 12.1. The maximum Gasteiger partial charge on any atom is 0.255 e. The maximum absolute atomic E-state index is 12.8. The molecular weight excluding hydrogens is 438 g/mol. The molecule has 4 heterocycles. The molecule has 0 bridgehead atoms. The van der Waals surface area contributed by atoms with Crippen LogP contribution in [0.1, 0.15) is 41.6 Å². The van der Waals surface area contributed by atoms with Crippen LogP contribution in [0.4, 0.5) is 0 Å². The molecule has 4 aliphatic rings. The highest BCUT2D eigenvalue weighted by Crippen LogP contribution is 2.31. The number of benzene rings is 1. The van der Waals surface area contributed by atoms with E-state index in [9.17, 15) is 19.2 Å². The van der Waals surface area contributed by atoms with Gasteiger partial charge in [-0.1, -0.05) is 0 Å². The molecule has 3 saturated heterocycles. The third-order valence-electron chi connectivity index (χ3n) is 7.16. The fourth-order valence-electron chi connectivity index (χ4n) is 5.20. The van der Waals surface area contributed by atoms with Gasteiger partial charge in [-0.25, -0.2) is 0 Å². The second-order valence-corrected chi connectivity index (χ2v) is 9.44. The predicted octanol–water partition coefficient (Wildman–Crippen LogP) is -0.277. The summed E-state index contributed by atoms with van der Waals surface area (Å²) in [5.41, 5.74) is 1.40. The summed E-state index contributed by atoms with van der Waals surface area (Å²) in [4.78, 5) is 54.8. The number of piperazine rings is 1. The topological polar surface area (TPSA) is 111 Å². The van der Waals surface area contributed by atoms with Gasteiger partial charge in [-0.2, -0.15) is 0 Å². The molecule has 4 amide bonds. The zero-order chi connectivity index (χ0) is 23.7. The van der Waals surface area contributed by atoms with Crippen LogP contribution in [0, 0.1) is 0 Å². The van der Waals surface area contributed by atoms with Crippen molar-refractivity contribution in [2.75, 3.05) is 45.8 Å². The molecule has 0 aliphatic carbocycles. The van der Waals surface area contributed by atoms with Crippen LogP contribution >= 0.6 is 0 Å². The monoisotopic (exact) mass is 469 g/mol. The molecule has 10 nitrogen and oxygen atoms in total. The van der Waals surface area contributed by atoms with Crippen molar-refractivity contribution in [3.05, 3.63) is 29.3 Å². The third kappa shape index (κ3) is 4.78. The van der Waals surface area contributed by atoms with Crippen LogP contribution in [0.15, 0.2) is 18.2 Å². The minimum atomic E-state index is -0.620. The quantitative estimate of drug-likeness (QED) is 0.571. The number of rotatable bonds is 5. The van der Waals surface area contributed by atoms with Gasteiger partial charge >= 0.3 is 0 Å². The van der Waals surface area contributed by atoms with Crippen LogP contribution in [0.2, 0.25) is 0 Å². The molecule has 3 fully saturated rings. The van der Waals surface area contributed by atoms with Gasteiger partial charge in [0.2, 0.25) is 17.7 Å². The van der Waals surface area contributed by atoms with Crippen molar-refractivity contribution in [2.24, 2.45) is 0 Å². The van der Waals surface area contributed by atoms with Crippen molar-refractivity contribution in [1.82, 2.24) is 25.3 Å². The Morgan fingerprint density at radius 2 is 1.79 bits per heavy atom. The number of imide groups is 1. The van der Waals surface area contributed by atoms with E-state index in [1.54, 1.807) is 17.0 Å². The molecule has 0 radical (unpaired) electrons. The lowest BCUT2D eigenvalue weighted by Gasteiger charge is -2.34. The van der Waals surface area contributed by atoms with E-state index >= 15 is 0 Å². The molecule has 34 heavy (non-hydrogen) atoms. The Hall–Kier alpha value is -2.98. The summed E-state index contributed by atoms with van der Waals surface area (Å²) in [5, 5.41) is 5.63. The molecule has 10 heteroatoms. The van der Waals surface area contributed by atoms with Crippen molar-refractivity contribution < 1.29 is 23.9 Å². The van der Waals surface area contributed by atoms with Crippen molar-refractivity contribution in [3.63, 3.8) is 0 Å². The zero-order valence-electron chi connectivity index (χ0n) is 19.3. The Balaban J connectivity index is 1.14.